The Bertz CT molecular complexity index is 581. The lowest BCUT2D eigenvalue weighted by molar-refractivity contribution is 0.0396. The lowest BCUT2D eigenvalue weighted by Crippen LogP contribution is -2.32. The molecular formula is C14H15N5O. The first-order valence-electron chi connectivity index (χ1n) is 6.53. The minimum atomic E-state index is 0.608. The van der Waals surface area contributed by atoms with Crippen LogP contribution in [0.15, 0.2) is 41.8 Å². The van der Waals surface area contributed by atoms with Crippen molar-refractivity contribution in [3.8, 4) is 11.5 Å². The number of rotatable bonds is 3. The van der Waals surface area contributed by atoms with E-state index in [2.05, 4.69) is 20.1 Å². The maximum absolute atomic E-state index is 5.28. The molecule has 0 saturated carbocycles. The molecule has 102 valence electrons. The van der Waals surface area contributed by atoms with Crippen molar-refractivity contribution in [1.29, 1.82) is 0 Å². The van der Waals surface area contributed by atoms with Crippen LogP contribution in [0.25, 0.3) is 11.5 Å². The van der Waals surface area contributed by atoms with Crippen molar-refractivity contribution in [2.24, 2.45) is 5.10 Å². The molecule has 3 heterocycles. The number of pyridine rings is 1. The summed E-state index contributed by atoms with van der Waals surface area (Å²) in [4.78, 5) is 12.9. The predicted octanol–water partition coefficient (Wildman–Crippen LogP) is 1.20. The Morgan fingerprint density at radius 2 is 2.00 bits per heavy atom. The van der Waals surface area contributed by atoms with E-state index in [1.54, 1.807) is 18.6 Å². The number of aromatic nitrogens is 3. The Hall–Kier alpha value is -2.34. The van der Waals surface area contributed by atoms with Gasteiger partial charge in [0.05, 0.1) is 38.2 Å². The van der Waals surface area contributed by atoms with Crippen molar-refractivity contribution in [2.45, 2.75) is 0 Å². The number of ether oxygens (including phenoxy) is 1. The molecule has 6 nitrogen and oxygen atoms in total. The molecule has 3 rings (SSSR count). The highest BCUT2D eigenvalue weighted by Gasteiger charge is 2.07. The molecule has 1 fully saturated rings. The van der Waals surface area contributed by atoms with Crippen LogP contribution in [-0.4, -0.2) is 52.5 Å². The Morgan fingerprint density at radius 1 is 1.10 bits per heavy atom. The van der Waals surface area contributed by atoms with Crippen molar-refractivity contribution in [1.82, 2.24) is 20.0 Å². The topological polar surface area (TPSA) is 63.5 Å². The Labute approximate surface area is 117 Å². The highest BCUT2D eigenvalue weighted by Crippen LogP contribution is 2.09. The Balaban J connectivity index is 1.76. The molecule has 1 aliphatic heterocycles. The van der Waals surface area contributed by atoms with Crippen molar-refractivity contribution in [3.63, 3.8) is 0 Å². The smallest absolute Gasteiger partial charge is 0.178 e. The van der Waals surface area contributed by atoms with Gasteiger partial charge < -0.3 is 4.74 Å². The summed E-state index contributed by atoms with van der Waals surface area (Å²) < 4.78 is 5.28. The van der Waals surface area contributed by atoms with Gasteiger partial charge in [-0.15, -0.1) is 0 Å². The zero-order valence-corrected chi connectivity index (χ0v) is 11.0. The lowest BCUT2D eigenvalue weighted by Gasteiger charge is -2.23. The van der Waals surface area contributed by atoms with Crippen molar-refractivity contribution >= 4 is 6.21 Å². The van der Waals surface area contributed by atoms with Crippen LogP contribution in [0.5, 0.6) is 0 Å². The fourth-order valence-electron chi connectivity index (χ4n) is 1.87. The first-order chi connectivity index (χ1) is 9.92. The molecule has 0 radical (unpaired) electrons. The van der Waals surface area contributed by atoms with Gasteiger partial charge in [-0.3, -0.25) is 9.99 Å². The van der Waals surface area contributed by atoms with Gasteiger partial charge in [0.1, 0.15) is 5.69 Å². The molecule has 0 unspecified atom stereocenters. The highest BCUT2D eigenvalue weighted by molar-refractivity contribution is 5.77. The summed E-state index contributed by atoms with van der Waals surface area (Å²) in [6.45, 7) is 3.07. The molecule has 0 aromatic carbocycles. The van der Waals surface area contributed by atoms with E-state index >= 15 is 0 Å². The van der Waals surface area contributed by atoms with E-state index < -0.39 is 0 Å². The molecule has 0 amide bonds. The lowest BCUT2D eigenvalue weighted by atomic mass is 10.3. The van der Waals surface area contributed by atoms with Gasteiger partial charge in [0.25, 0.3) is 0 Å². The van der Waals surface area contributed by atoms with Crippen LogP contribution in [-0.2, 0) is 4.74 Å². The van der Waals surface area contributed by atoms with Crippen molar-refractivity contribution in [3.05, 3.63) is 42.4 Å². The molecule has 6 heteroatoms. The van der Waals surface area contributed by atoms with Crippen LogP contribution in [0.3, 0.4) is 0 Å². The van der Waals surface area contributed by atoms with E-state index in [-0.39, 0.29) is 0 Å². The van der Waals surface area contributed by atoms with E-state index in [1.165, 1.54) is 0 Å². The van der Waals surface area contributed by atoms with Crippen molar-refractivity contribution in [2.75, 3.05) is 26.3 Å². The second-order valence-electron chi connectivity index (χ2n) is 4.33. The normalized spacial score (nSPS) is 15.7. The number of nitrogens with zero attached hydrogens (tertiary/aromatic N) is 5. The summed E-state index contributed by atoms with van der Waals surface area (Å²) >= 11 is 0. The summed E-state index contributed by atoms with van der Waals surface area (Å²) in [7, 11) is 0. The number of hydrogen-bond acceptors (Lipinski definition) is 6. The zero-order valence-electron chi connectivity index (χ0n) is 11.0. The summed E-state index contributed by atoms with van der Waals surface area (Å²) in [5.41, 5.74) is 1.53. The van der Waals surface area contributed by atoms with Gasteiger partial charge >= 0.3 is 0 Å². The molecule has 1 aliphatic rings. The van der Waals surface area contributed by atoms with Crippen LogP contribution in [0, 0.1) is 0 Å². The fourth-order valence-corrected chi connectivity index (χ4v) is 1.87. The third kappa shape index (κ3) is 3.16. The van der Waals surface area contributed by atoms with Crippen LogP contribution in [0.2, 0.25) is 0 Å². The molecule has 0 N–H and O–H groups in total. The fraction of sp³-hybridized carbons (Fsp3) is 0.286. The second kappa shape index (κ2) is 6.21. The number of hydrazone groups is 1. The molecule has 0 aliphatic carbocycles. The van der Waals surface area contributed by atoms with E-state index in [0.29, 0.717) is 5.82 Å². The largest absolute Gasteiger partial charge is 0.378 e. The van der Waals surface area contributed by atoms with Gasteiger partial charge in [-0.25, -0.2) is 9.97 Å². The van der Waals surface area contributed by atoms with Gasteiger partial charge in [-0.1, -0.05) is 6.07 Å². The molecular weight excluding hydrogens is 254 g/mol. The zero-order chi connectivity index (χ0) is 13.6. The minimum absolute atomic E-state index is 0.608. The first-order valence-corrected chi connectivity index (χ1v) is 6.53. The number of morpholine rings is 1. The summed E-state index contributed by atoms with van der Waals surface area (Å²) in [5, 5.41) is 6.38. The first kappa shape index (κ1) is 12.7. The molecule has 20 heavy (non-hydrogen) atoms. The van der Waals surface area contributed by atoms with Crippen LogP contribution < -0.4 is 0 Å². The Kier molecular flexibility index (Phi) is 3.93. The molecule has 1 saturated heterocycles. The quantitative estimate of drug-likeness (QED) is 0.784. The third-order valence-electron chi connectivity index (χ3n) is 2.91. The highest BCUT2D eigenvalue weighted by atomic mass is 16.5. The molecule has 0 spiro atoms. The molecule has 2 aromatic rings. The summed E-state index contributed by atoms with van der Waals surface area (Å²) in [5.74, 6) is 0.608. The Morgan fingerprint density at radius 3 is 2.80 bits per heavy atom. The summed E-state index contributed by atoms with van der Waals surface area (Å²) in [6, 6.07) is 7.50. The molecule has 0 atom stereocenters. The van der Waals surface area contributed by atoms with E-state index in [9.17, 15) is 0 Å². The summed E-state index contributed by atoms with van der Waals surface area (Å²) in [6.07, 6.45) is 5.20. The average molecular weight is 269 g/mol. The number of hydrogen-bond donors (Lipinski definition) is 0. The second-order valence-corrected chi connectivity index (χ2v) is 4.33. The van der Waals surface area contributed by atoms with E-state index in [4.69, 9.17) is 4.74 Å². The maximum atomic E-state index is 5.28. The van der Waals surface area contributed by atoms with Gasteiger partial charge in [0.15, 0.2) is 5.82 Å². The predicted molar refractivity (Wildman–Crippen MR) is 75.2 cm³/mol. The van der Waals surface area contributed by atoms with E-state index in [1.807, 2.05) is 29.3 Å². The average Bonchev–Trinajstić information content (AvgIpc) is 2.55. The molecule has 0 bridgehead atoms. The van der Waals surface area contributed by atoms with Crippen LogP contribution in [0.4, 0.5) is 0 Å². The monoisotopic (exact) mass is 269 g/mol. The van der Waals surface area contributed by atoms with Crippen LogP contribution in [0.1, 0.15) is 5.69 Å². The maximum Gasteiger partial charge on any atom is 0.178 e. The SMILES string of the molecule is C(=N\N1CCOCC1)/c1ccnc(-c2ccccn2)n1. The van der Waals surface area contributed by atoms with Gasteiger partial charge in [-0.05, 0) is 18.2 Å². The van der Waals surface area contributed by atoms with Gasteiger partial charge in [0, 0.05) is 12.4 Å². The van der Waals surface area contributed by atoms with Gasteiger partial charge in [0.2, 0.25) is 0 Å². The third-order valence-corrected chi connectivity index (χ3v) is 2.91. The standard InChI is InChI=1S/C14H15N5O/c1-2-5-15-13(3-1)14-16-6-4-12(18-14)11-17-19-7-9-20-10-8-19/h1-6,11H,7-10H2/b17-11+. The van der Waals surface area contributed by atoms with Gasteiger partial charge in [-0.2, -0.15) is 5.10 Å². The van der Waals surface area contributed by atoms with Crippen LogP contribution >= 0.6 is 0 Å². The minimum Gasteiger partial charge on any atom is -0.378 e. The van der Waals surface area contributed by atoms with E-state index in [0.717, 1.165) is 37.7 Å². The van der Waals surface area contributed by atoms with Crippen molar-refractivity contribution < 1.29 is 4.74 Å². The molecule has 2 aromatic heterocycles.